The summed E-state index contributed by atoms with van der Waals surface area (Å²) < 4.78 is 23.9. The van der Waals surface area contributed by atoms with Crippen molar-refractivity contribution >= 4 is 6.08 Å². The zero-order chi connectivity index (χ0) is 7.28. The summed E-state index contributed by atoms with van der Waals surface area (Å²) in [4.78, 5) is 12.2. The smallest absolute Gasteiger partial charge is 0.235 e. The lowest BCUT2D eigenvalue weighted by atomic mass is 10.3. The molecule has 4 heteroatoms. The van der Waals surface area contributed by atoms with Gasteiger partial charge in [0.15, 0.2) is 6.17 Å². The number of halogens is 2. The fourth-order valence-corrected chi connectivity index (χ4v) is 0.270. The van der Waals surface area contributed by atoms with E-state index in [1.807, 2.05) is 0 Å². The summed E-state index contributed by atoms with van der Waals surface area (Å²) in [5.74, 6) is 0. The minimum Gasteiger partial charge on any atom is -0.245 e. The van der Waals surface area contributed by atoms with E-state index < -0.39 is 18.9 Å². The predicted octanol–water partition coefficient (Wildman–Crippen LogP) is 1.02. The van der Waals surface area contributed by atoms with Crippen LogP contribution in [0, 0.1) is 0 Å². The van der Waals surface area contributed by atoms with Crippen molar-refractivity contribution in [3.05, 3.63) is 0 Å². The summed E-state index contributed by atoms with van der Waals surface area (Å²) in [6.07, 6.45) is -2.12. The van der Waals surface area contributed by atoms with Crippen LogP contribution in [0.1, 0.15) is 6.92 Å². The quantitative estimate of drug-likeness (QED) is 0.419. The van der Waals surface area contributed by atoms with Gasteiger partial charge in [0.25, 0.3) is 0 Å². The average Bonchev–Trinajstić information content (AvgIpc) is 1.82. The van der Waals surface area contributed by atoms with Crippen LogP contribution in [-0.4, -0.2) is 25.0 Å². The van der Waals surface area contributed by atoms with Gasteiger partial charge in [0.2, 0.25) is 6.08 Å². The normalized spacial score (nSPS) is 15.9. The van der Waals surface area contributed by atoms with Crippen LogP contribution in [0.25, 0.3) is 0 Å². The minimum absolute atomic E-state index is 0.429. The molecule has 0 rings (SSSR count). The number of hydrogen-bond acceptors (Lipinski definition) is 2. The van der Waals surface area contributed by atoms with E-state index in [0.717, 1.165) is 13.0 Å². The second kappa shape index (κ2) is 4.15. The first kappa shape index (κ1) is 8.24. The first-order chi connectivity index (χ1) is 4.18. The molecule has 0 aromatic carbocycles. The Morgan fingerprint density at radius 3 is 2.56 bits per heavy atom. The summed E-state index contributed by atoms with van der Waals surface area (Å²) in [5.41, 5.74) is 0. The van der Waals surface area contributed by atoms with Crippen molar-refractivity contribution in [2.45, 2.75) is 19.3 Å². The molecule has 0 aliphatic heterocycles. The molecule has 0 aromatic rings. The van der Waals surface area contributed by atoms with Crippen LogP contribution >= 0.6 is 0 Å². The highest BCUT2D eigenvalue weighted by Gasteiger charge is 2.13. The molecule has 0 N–H and O–H groups in total. The number of aliphatic imine (C=N–C) groups is 1. The first-order valence-electron chi connectivity index (χ1n) is 2.50. The van der Waals surface area contributed by atoms with Gasteiger partial charge in [-0.15, -0.1) is 0 Å². The lowest BCUT2D eigenvalue weighted by Gasteiger charge is -2.02. The highest BCUT2D eigenvalue weighted by molar-refractivity contribution is 5.32. The predicted molar refractivity (Wildman–Crippen MR) is 28.5 cm³/mol. The molecule has 9 heavy (non-hydrogen) atoms. The Labute approximate surface area is 51.6 Å². The second-order valence-corrected chi connectivity index (χ2v) is 1.63. The fraction of sp³-hybridized carbons (Fsp3) is 0.800. The lowest BCUT2D eigenvalue weighted by Crippen LogP contribution is -2.16. The topological polar surface area (TPSA) is 29.4 Å². The number of isocyanates is 1. The zero-order valence-corrected chi connectivity index (χ0v) is 4.97. The van der Waals surface area contributed by atoms with Crippen molar-refractivity contribution in [3.8, 4) is 0 Å². The molecule has 0 saturated heterocycles. The number of hydrogen-bond donors (Lipinski definition) is 0. The van der Waals surface area contributed by atoms with E-state index in [1.54, 1.807) is 0 Å². The maximum atomic E-state index is 12.1. The van der Waals surface area contributed by atoms with Crippen molar-refractivity contribution in [1.82, 2.24) is 0 Å². The third-order valence-electron chi connectivity index (χ3n) is 0.829. The van der Waals surface area contributed by atoms with Gasteiger partial charge < -0.3 is 0 Å². The number of nitrogens with zero attached hydrogens (tertiary/aromatic N) is 1. The summed E-state index contributed by atoms with van der Waals surface area (Å²) in [7, 11) is 0. The molecular formula is C5H7F2NO. The molecular weight excluding hydrogens is 128 g/mol. The summed E-state index contributed by atoms with van der Waals surface area (Å²) >= 11 is 0. The third kappa shape index (κ3) is 3.79. The van der Waals surface area contributed by atoms with Crippen molar-refractivity contribution in [2.24, 2.45) is 4.99 Å². The molecule has 0 aliphatic rings. The van der Waals surface area contributed by atoms with Gasteiger partial charge in [0.1, 0.15) is 6.17 Å². The number of alkyl halides is 2. The van der Waals surface area contributed by atoms with Crippen molar-refractivity contribution in [2.75, 3.05) is 6.54 Å². The van der Waals surface area contributed by atoms with E-state index in [9.17, 15) is 13.6 Å². The zero-order valence-electron chi connectivity index (χ0n) is 4.97. The van der Waals surface area contributed by atoms with Gasteiger partial charge in [-0.1, -0.05) is 0 Å². The van der Waals surface area contributed by atoms with E-state index in [0.29, 0.717) is 0 Å². The SMILES string of the molecule is CC(F)C(F)CN=C=O. The van der Waals surface area contributed by atoms with Gasteiger partial charge in [0.05, 0.1) is 6.54 Å². The Balaban J connectivity index is 3.49. The standard InChI is InChI=1S/C5H7F2NO/c1-4(6)5(7)2-8-3-9/h4-5H,2H2,1H3. The maximum Gasteiger partial charge on any atom is 0.235 e. The fourth-order valence-electron chi connectivity index (χ4n) is 0.270. The van der Waals surface area contributed by atoms with Crippen LogP contribution in [0.5, 0.6) is 0 Å². The van der Waals surface area contributed by atoms with E-state index in [2.05, 4.69) is 4.99 Å². The van der Waals surface area contributed by atoms with Crippen molar-refractivity contribution < 1.29 is 13.6 Å². The van der Waals surface area contributed by atoms with E-state index in [-0.39, 0.29) is 0 Å². The van der Waals surface area contributed by atoms with E-state index in [1.165, 1.54) is 0 Å². The van der Waals surface area contributed by atoms with Gasteiger partial charge >= 0.3 is 0 Å². The molecule has 0 bridgehead atoms. The van der Waals surface area contributed by atoms with Crippen LogP contribution in [-0.2, 0) is 4.79 Å². The van der Waals surface area contributed by atoms with Crippen LogP contribution in [0.4, 0.5) is 8.78 Å². The van der Waals surface area contributed by atoms with Crippen molar-refractivity contribution in [3.63, 3.8) is 0 Å². The minimum atomic E-state index is -1.67. The molecule has 52 valence electrons. The highest BCUT2D eigenvalue weighted by Crippen LogP contribution is 2.01. The Morgan fingerprint density at radius 1 is 1.67 bits per heavy atom. The number of carbonyl (C=O) groups excluding carboxylic acids is 1. The van der Waals surface area contributed by atoms with Crippen LogP contribution in [0.15, 0.2) is 4.99 Å². The molecule has 2 atom stereocenters. The maximum absolute atomic E-state index is 12.1. The lowest BCUT2D eigenvalue weighted by molar-refractivity contribution is 0.189. The number of rotatable bonds is 3. The summed E-state index contributed by atoms with van der Waals surface area (Å²) in [5, 5.41) is 0. The largest absolute Gasteiger partial charge is 0.245 e. The monoisotopic (exact) mass is 135 g/mol. The van der Waals surface area contributed by atoms with E-state index in [4.69, 9.17) is 0 Å². The second-order valence-electron chi connectivity index (χ2n) is 1.63. The Kier molecular flexibility index (Phi) is 3.80. The molecule has 0 aromatic heterocycles. The van der Waals surface area contributed by atoms with Gasteiger partial charge in [-0.05, 0) is 6.92 Å². The highest BCUT2D eigenvalue weighted by atomic mass is 19.2. The summed E-state index contributed by atoms with van der Waals surface area (Å²) in [6, 6.07) is 0. The van der Waals surface area contributed by atoms with Crippen LogP contribution < -0.4 is 0 Å². The van der Waals surface area contributed by atoms with Gasteiger partial charge in [0, 0.05) is 0 Å². The Hall–Kier alpha value is -0.760. The van der Waals surface area contributed by atoms with Crippen LogP contribution in [0.2, 0.25) is 0 Å². The van der Waals surface area contributed by atoms with Crippen LogP contribution in [0.3, 0.4) is 0 Å². The average molecular weight is 135 g/mol. The molecule has 0 heterocycles. The first-order valence-corrected chi connectivity index (χ1v) is 2.50. The van der Waals surface area contributed by atoms with Crippen molar-refractivity contribution in [1.29, 1.82) is 0 Å². The molecule has 0 saturated carbocycles. The molecule has 0 aliphatic carbocycles. The van der Waals surface area contributed by atoms with Gasteiger partial charge in [-0.3, -0.25) is 0 Å². The molecule has 0 fully saturated rings. The Bertz CT molecular complexity index is 120. The molecule has 0 amide bonds. The molecule has 2 nitrogen and oxygen atoms in total. The molecule has 0 radical (unpaired) electrons. The Morgan fingerprint density at radius 2 is 2.22 bits per heavy atom. The van der Waals surface area contributed by atoms with Gasteiger partial charge in [-0.2, -0.15) is 0 Å². The molecule has 2 unspecified atom stereocenters. The third-order valence-corrected chi connectivity index (χ3v) is 0.829. The summed E-state index contributed by atoms with van der Waals surface area (Å²) in [6.45, 7) is 0.645. The van der Waals surface area contributed by atoms with E-state index >= 15 is 0 Å². The van der Waals surface area contributed by atoms with Gasteiger partial charge in [-0.25, -0.2) is 18.6 Å². The molecule has 0 spiro atoms.